The predicted octanol–water partition coefficient (Wildman–Crippen LogP) is 5.56. The van der Waals surface area contributed by atoms with Crippen molar-refractivity contribution in [2.75, 3.05) is 11.9 Å². The molecule has 0 bridgehead atoms. The fourth-order valence-electron chi connectivity index (χ4n) is 3.56. The van der Waals surface area contributed by atoms with Gasteiger partial charge in [-0.15, -0.1) is 11.3 Å². The van der Waals surface area contributed by atoms with Gasteiger partial charge in [-0.2, -0.15) is 0 Å². The Morgan fingerprint density at radius 3 is 2.53 bits per heavy atom. The molecule has 3 aromatic carbocycles. The second-order valence-corrected chi connectivity index (χ2v) is 8.46. The Kier molecular flexibility index (Phi) is 4.56. The summed E-state index contributed by atoms with van der Waals surface area (Å²) in [4.78, 5) is 16.4. The molecule has 148 valence electrons. The second-order valence-electron chi connectivity index (χ2n) is 7.34. The van der Waals surface area contributed by atoms with Crippen molar-refractivity contribution < 1.29 is 5.11 Å². The van der Waals surface area contributed by atoms with Crippen LogP contribution in [0.4, 0.5) is 5.82 Å². The summed E-state index contributed by atoms with van der Waals surface area (Å²) in [5, 5.41) is 12.3. The van der Waals surface area contributed by atoms with E-state index in [4.69, 9.17) is 15.0 Å². The van der Waals surface area contributed by atoms with Crippen molar-refractivity contribution in [3.05, 3.63) is 77.3 Å². The fourth-order valence-corrected chi connectivity index (χ4v) is 4.58. The summed E-state index contributed by atoms with van der Waals surface area (Å²) < 4.78 is 1.18. The van der Waals surface area contributed by atoms with Gasteiger partial charge in [0, 0.05) is 12.4 Å². The third-order valence-electron chi connectivity index (χ3n) is 5.05. The second kappa shape index (κ2) is 7.39. The lowest BCUT2D eigenvalue weighted by Crippen LogP contribution is -2.18. The Balaban J connectivity index is 1.62. The number of nitrogens with zero attached hydrogens (tertiary/aromatic N) is 4. The molecule has 2 heterocycles. The molecule has 0 aliphatic heterocycles. The predicted molar refractivity (Wildman–Crippen MR) is 123 cm³/mol. The van der Waals surface area contributed by atoms with Crippen LogP contribution >= 0.6 is 11.3 Å². The van der Waals surface area contributed by atoms with Crippen molar-refractivity contribution in [2.45, 2.75) is 13.5 Å². The molecule has 0 spiro atoms. The third kappa shape index (κ3) is 3.35. The van der Waals surface area contributed by atoms with E-state index < -0.39 is 0 Å². The number of fused-ring (bicyclic) bond motifs is 2. The van der Waals surface area contributed by atoms with E-state index >= 15 is 0 Å². The molecule has 0 saturated heterocycles. The molecular weight excluding hydrogens is 392 g/mol. The van der Waals surface area contributed by atoms with Gasteiger partial charge in [0.15, 0.2) is 5.82 Å². The minimum atomic E-state index is 0.171. The Hall–Kier alpha value is -3.51. The van der Waals surface area contributed by atoms with Crippen LogP contribution in [0.3, 0.4) is 0 Å². The van der Waals surface area contributed by atoms with Gasteiger partial charge in [-0.1, -0.05) is 30.3 Å². The number of aromatic nitrogens is 3. The van der Waals surface area contributed by atoms with E-state index in [-0.39, 0.29) is 5.75 Å². The number of aryl methyl sites for hydroxylation is 1. The average Bonchev–Trinajstić information content (AvgIpc) is 3.15. The molecule has 30 heavy (non-hydrogen) atoms. The van der Waals surface area contributed by atoms with Crippen molar-refractivity contribution in [2.24, 2.45) is 0 Å². The SMILES string of the molecule is Cc1ccc2c(N(C)Cc3nc4ccccc4s3)nc(-c3ccccc3O)nc2c1. The van der Waals surface area contributed by atoms with Crippen molar-refractivity contribution >= 4 is 38.3 Å². The van der Waals surface area contributed by atoms with Gasteiger partial charge in [0.25, 0.3) is 0 Å². The quantitative estimate of drug-likeness (QED) is 0.419. The number of para-hydroxylation sites is 2. The van der Waals surface area contributed by atoms with Crippen molar-refractivity contribution in [3.63, 3.8) is 0 Å². The van der Waals surface area contributed by atoms with Gasteiger partial charge in [0.2, 0.25) is 0 Å². The van der Waals surface area contributed by atoms with Gasteiger partial charge in [0.05, 0.1) is 27.8 Å². The van der Waals surface area contributed by atoms with Gasteiger partial charge in [-0.25, -0.2) is 15.0 Å². The molecule has 0 atom stereocenters. The number of phenols is 1. The highest BCUT2D eigenvalue weighted by molar-refractivity contribution is 7.18. The van der Waals surface area contributed by atoms with E-state index in [2.05, 4.69) is 29.2 Å². The summed E-state index contributed by atoms with van der Waals surface area (Å²) in [5.41, 5.74) is 3.62. The lowest BCUT2D eigenvalue weighted by atomic mass is 10.1. The van der Waals surface area contributed by atoms with Crippen LogP contribution in [0.1, 0.15) is 10.6 Å². The Morgan fingerprint density at radius 2 is 1.70 bits per heavy atom. The number of thiazole rings is 1. The summed E-state index contributed by atoms with van der Waals surface area (Å²) in [6.45, 7) is 2.69. The minimum Gasteiger partial charge on any atom is -0.507 e. The maximum Gasteiger partial charge on any atom is 0.165 e. The Morgan fingerprint density at radius 1 is 0.900 bits per heavy atom. The van der Waals surface area contributed by atoms with Crippen LogP contribution in [0.2, 0.25) is 0 Å². The molecule has 0 radical (unpaired) electrons. The number of aromatic hydroxyl groups is 1. The van der Waals surface area contributed by atoms with Gasteiger partial charge in [0.1, 0.15) is 16.6 Å². The molecule has 5 aromatic rings. The summed E-state index contributed by atoms with van der Waals surface area (Å²) in [7, 11) is 2.02. The zero-order valence-electron chi connectivity index (χ0n) is 16.7. The number of rotatable bonds is 4. The topological polar surface area (TPSA) is 62.1 Å². The monoisotopic (exact) mass is 412 g/mol. The molecule has 0 aliphatic rings. The van der Waals surface area contributed by atoms with E-state index in [0.29, 0.717) is 17.9 Å². The Bertz CT molecular complexity index is 1350. The molecule has 0 aliphatic carbocycles. The highest BCUT2D eigenvalue weighted by atomic mass is 32.1. The maximum atomic E-state index is 10.3. The van der Waals surface area contributed by atoms with Crippen molar-refractivity contribution in [1.29, 1.82) is 0 Å². The van der Waals surface area contributed by atoms with E-state index in [9.17, 15) is 5.11 Å². The largest absolute Gasteiger partial charge is 0.507 e. The van der Waals surface area contributed by atoms with Crippen LogP contribution in [0.15, 0.2) is 66.7 Å². The van der Waals surface area contributed by atoms with Crippen LogP contribution in [-0.2, 0) is 6.54 Å². The highest BCUT2D eigenvalue weighted by Gasteiger charge is 2.16. The van der Waals surface area contributed by atoms with Crippen molar-refractivity contribution in [3.8, 4) is 17.1 Å². The van der Waals surface area contributed by atoms with Gasteiger partial charge in [-0.05, 0) is 48.9 Å². The molecule has 0 saturated carbocycles. The summed E-state index contributed by atoms with van der Waals surface area (Å²) in [6, 6.07) is 21.5. The van der Waals surface area contributed by atoms with Crippen LogP contribution in [0.5, 0.6) is 5.75 Å². The summed E-state index contributed by atoms with van der Waals surface area (Å²) in [6.07, 6.45) is 0. The minimum absolute atomic E-state index is 0.171. The summed E-state index contributed by atoms with van der Waals surface area (Å²) in [5.74, 6) is 1.50. The van der Waals surface area contributed by atoms with Crippen LogP contribution in [0, 0.1) is 6.92 Å². The molecule has 1 N–H and O–H groups in total. The molecule has 0 fully saturated rings. The molecular formula is C24H20N4OS. The van der Waals surface area contributed by atoms with Crippen molar-refractivity contribution in [1.82, 2.24) is 15.0 Å². The van der Waals surface area contributed by atoms with Crippen LogP contribution < -0.4 is 4.90 Å². The van der Waals surface area contributed by atoms with E-state index in [1.807, 2.05) is 44.3 Å². The zero-order valence-corrected chi connectivity index (χ0v) is 17.5. The zero-order chi connectivity index (χ0) is 20.7. The highest BCUT2D eigenvalue weighted by Crippen LogP contribution is 2.32. The maximum absolute atomic E-state index is 10.3. The molecule has 2 aromatic heterocycles. The molecule has 5 nitrogen and oxygen atoms in total. The van der Waals surface area contributed by atoms with Gasteiger partial charge >= 0.3 is 0 Å². The number of anilines is 1. The first-order valence-electron chi connectivity index (χ1n) is 9.71. The number of hydrogen-bond acceptors (Lipinski definition) is 6. The van der Waals surface area contributed by atoms with E-state index in [1.165, 1.54) is 4.70 Å². The first-order chi connectivity index (χ1) is 14.6. The van der Waals surface area contributed by atoms with Crippen LogP contribution in [0.25, 0.3) is 32.5 Å². The molecule has 5 rings (SSSR count). The number of benzene rings is 3. The smallest absolute Gasteiger partial charge is 0.165 e. The Labute approximate surface area is 178 Å². The standard InChI is InChI=1S/C24H20N4OS/c1-15-11-12-16-19(13-15)26-23(17-7-3-5-9-20(17)29)27-24(16)28(2)14-22-25-18-8-4-6-10-21(18)30-22/h3-13,29H,14H2,1-2H3. The molecule has 6 heteroatoms. The van der Waals surface area contributed by atoms with E-state index in [1.54, 1.807) is 23.5 Å². The van der Waals surface area contributed by atoms with Crippen LogP contribution in [-0.4, -0.2) is 27.1 Å². The number of phenolic OH excluding ortho intramolecular Hbond substituents is 1. The normalized spacial score (nSPS) is 11.3. The first-order valence-corrected chi connectivity index (χ1v) is 10.5. The van der Waals surface area contributed by atoms with Gasteiger partial charge in [-0.3, -0.25) is 0 Å². The number of hydrogen-bond donors (Lipinski definition) is 1. The van der Waals surface area contributed by atoms with Gasteiger partial charge < -0.3 is 10.0 Å². The molecule has 0 unspecified atom stereocenters. The first kappa shape index (κ1) is 18.5. The summed E-state index contributed by atoms with van der Waals surface area (Å²) >= 11 is 1.69. The lowest BCUT2D eigenvalue weighted by Gasteiger charge is -2.20. The third-order valence-corrected chi connectivity index (χ3v) is 6.07. The molecule has 0 amide bonds. The average molecular weight is 413 g/mol. The van der Waals surface area contributed by atoms with E-state index in [0.717, 1.165) is 32.8 Å². The lowest BCUT2D eigenvalue weighted by molar-refractivity contribution is 0.477. The fraction of sp³-hybridized carbons (Fsp3) is 0.125.